The van der Waals surface area contributed by atoms with Gasteiger partial charge >= 0.3 is 12.3 Å². The van der Waals surface area contributed by atoms with Gasteiger partial charge in [0.05, 0.1) is 12.2 Å². The average Bonchev–Trinajstić information content (AvgIpc) is 2.77. The monoisotopic (exact) mass is 527 g/mol. The SMILES string of the molecule is CCOc1nc(N)nc(N[C@@H](CCCNC(=O)OC(C)(C)C)C(=O)Nc2cccc(C(F)(F)F)c2)c1N. The van der Waals surface area contributed by atoms with Crippen LogP contribution in [0.25, 0.3) is 0 Å². The second-order valence-corrected chi connectivity index (χ2v) is 8.92. The molecule has 1 atom stereocenters. The van der Waals surface area contributed by atoms with E-state index in [0.717, 1.165) is 12.1 Å². The lowest BCUT2D eigenvalue weighted by atomic mass is 10.1. The third-order valence-electron chi connectivity index (χ3n) is 4.63. The van der Waals surface area contributed by atoms with Crippen LogP contribution in [0.4, 0.5) is 41.1 Å². The summed E-state index contributed by atoms with van der Waals surface area (Å²) in [6.07, 6.45) is -4.77. The second kappa shape index (κ2) is 12.3. The summed E-state index contributed by atoms with van der Waals surface area (Å²) in [7, 11) is 0. The van der Waals surface area contributed by atoms with Gasteiger partial charge in [0.15, 0.2) is 5.82 Å². The number of halogens is 3. The van der Waals surface area contributed by atoms with E-state index >= 15 is 0 Å². The third kappa shape index (κ3) is 9.54. The molecule has 1 aromatic heterocycles. The number of amides is 2. The molecule has 2 aromatic rings. The van der Waals surface area contributed by atoms with E-state index in [0.29, 0.717) is 6.42 Å². The molecule has 0 fully saturated rings. The van der Waals surface area contributed by atoms with Gasteiger partial charge in [0.25, 0.3) is 0 Å². The zero-order valence-electron chi connectivity index (χ0n) is 21.0. The van der Waals surface area contributed by atoms with Crippen LogP contribution < -0.4 is 32.2 Å². The number of carbonyl (C=O) groups excluding carboxylic acids is 2. The Labute approximate surface area is 212 Å². The standard InChI is InChI=1S/C23H32F3N7O4/c1-5-36-19-16(27)17(32-20(28)33-19)31-15(10-7-11-29-21(35)37-22(2,3)4)18(34)30-14-9-6-8-13(12-14)23(24,25)26/h6,8-9,12,15H,5,7,10-11,27H2,1-4H3,(H,29,35)(H,30,34)(H3,28,31,32,33)/t15-/m0/s1. The summed E-state index contributed by atoms with van der Waals surface area (Å²) in [5.74, 6) is -0.795. The van der Waals surface area contributed by atoms with Crippen LogP contribution >= 0.6 is 0 Å². The molecule has 11 nitrogen and oxygen atoms in total. The molecule has 2 rings (SSSR count). The van der Waals surface area contributed by atoms with Gasteiger partial charge in [-0.05, 0) is 58.7 Å². The fourth-order valence-corrected chi connectivity index (χ4v) is 3.07. The van der Waals surface area contributed by atoms with Crippen LogP contribution in [0, 0.1) is 0 Å². The lowest BCUT2D eigenvalue weighted by Gasteiger charge is -2.22. The van der Waals surface area contributed by atoms with Crippen molar-refractivity contribution in [3.8, 4) is 5.88 Å². The number of nitrogen functional groups attached to an aromatic ring is 2. The summed E-state index contributed by atoms with van der Waals surface area (Å²) in [6.45, 7) is 7.29. The second-order valence-electron chi connectivity index (χ2n) is 8.92. The number of aromatic nitrogens is 2. The van der Waals surface area contributed by atoms with Crippen molar-refractivity contribution >= 4 is 35.1 Å². The fraction of sp³-hybridized carbons (Fsp3) is 0.478. The van der Waals surface area contributed by atoms with E-state index in [9.17, 15) is 22.8 Å². The van der Waals surface area contributed by atoms with Crippen molar-refractivity contribution in [3.05, 3.63) is 29.8 Å². The Morgan fingerprint density at radius 3 is 2.46 bits per heavy atom. The topological polar surface area (TPSA) is 167 Å². The first-order chi connectivity index (χ1) is 17.2. The number of hydrogen-bond acceptors (Lipinski definition) is 9. The number of carbonyl (C=O) groups is 2. The maximum Gasteiger partial charge on any atom is 0.416 e. The van der Waals surface area contributed by atoms with Gasteiger partial charge in [-0.25, -0.2) is 4.79 Å². The van der Waals surface area contributed by atoms with Crippen molar-refractivity contribution < 1.29 is 32.2 Å². The third-order valence-corrected chi connectivity index (χ3v) is 4.63. The molecule has 7 N–H and O–H groups in total. The van der Waals surface area contributed by atoms with Crippen LogP contribution in [0.2, 0.25) is 0 Å². The molecule has 0 aliphatic rings. The van der Waals surface area contributed by atoms with Crippen molar-refractivity contribution in [1.29, 1.82) is 0 Å². The molecule has 0 bridgehead atoms. The molecule has 0 unspecified atom stereocenters. The summed E-state index contributed by atoms with van der Waals surface area (Å²) in [4.78, 5) is 32.9. The Hall–Kier alpha value is -3.97. The van der Waals surface area contributed by atoms with Crippen LogP contribution in [0.15, 0.2) is 24.3 Å². The molecular weight excluding hydrogens is 495 g/mol. The Balaban J connectivity index is 2.20. The largest absolute Gasteiger partial charge is 0.476 e. The number of alkyl halides is 3. The van der Waals surface area contributed by atoms with Crippen molar-refractivity contribution in [2.24, 2.45) is 0 Å². The average molecular weight is 528 g/mol. The molecule has 1 aromatic carbocycles. The number of alkyl carbamates (subject to hydrolysis) is 1. The Morgan fingerprint density at radius 2 is 1.84 bits per heavy atom. The number of benzene rings is 1. The van der Waals surface area contributed by atoms with Crippen LogP contribution in [-0.4, -0.2) is 46.8 Å². The molecule has 0 saturated heterocycles. The van der Waals surface area contributed by atoms with Gasteiger partial charge in [-0.3, -0.25) is 4.79 Å². The van der Waals surface area contributed by atoms with E-state index in [1.807, 2.05) is 0 Å². The summed E-state index contributed by atoms with van der Waals surface area (Å²) in [6, 6.07) is 3.21. The number of nitrogens with zero attached hydrogens (tertiary/aromatic N) is 2. The normalized spacial score (nSPS) is 12.4. The van der Waals surface area contributed by atoms with Gasteiger partial charge in [-0.2, -0.15) is 23.1 Å². The summed E-state index contributed by atoms with van der Waals surface area (Å²) < 4.78 is 49.8. The van der Waals surface area contributed by atoms with Gasteiger partial charge in [-0.1, -0.05) is 6.07 Å². The molecule has 14 heteroatoms. The summed E-state index contributed by atoms with van der Waals surface area (Å²) >= 11 is 0. The number of nitrogens with one attached hydrogen (secondary N) is 3. The number of nitrogens with two attached hydrogens (primary N) is 2. The molecule has 204 valence electrons. The fourth-order valence-electron chi connectivity index (χ4n) is 3.07. The zero-order valence-corrected chi connectivity index (χ0v) is 21.0. The highest BCUT2D eigenvalue weighted by Crippen LogP contribution is 2.31. The van der Waals surface area contributed by atoms with E-state index in [-0.39, 0.29) is 48.6 Å². The Morgan fingerprint density at radius 1 is 1.14 bits per heavy atom. The van der Waals surface area contributed by atoms with Gasteiger partial charge in [0.2, 0.25) is 17.7 Å². The number of ether oxygens (including phenoxy) is 2. The van der Waals surface area contributed by atoms with E-state index in [1.54, 1.807) is 27.7 Å². The first kappa shape index (κ1) is 29.3. The predicted molar refractivity (Wildman–Crippen MR) is 133 cm³/mol. The first-order valence-corrected chi connectivity index (χ1v) is 11.5. The smallest absolute Gasteiger partial charge is 0.416 e. The highest BCUT2D eigenvalue weighted by molar-refractivity contribution is 5.97. The lowest BCUT2D eigenvalue weighted by Crippen LogP contribution is -2.37. The number of anilines is 4. The van der Waals surface area contributed by atoms with Crippen molar-refractivity contribution in [1.82, 2.24) is 15.3 Å². The van der Waals surface area contributed by atoms with Crippen LogP contribution in [0.1, 0.15) is 46.1 Å². The molecule has 0 aliphatic carbocycles. The number of rotatable bonds is 10. The molecule has 1 heterocycles. The predicted octanol–water partition coefficient (Wildman–Crippen LogP) is 3.78. The Bertz CT molecular complexity index is 1090. The highest BCUT2D eigenvalue weighted by atomic mass is 19.4. The van der Waals surface area contributed by atoms with Gasteiger partial charge in [-0.15, -0.1) is 0 Å². The molecule has 37 heavy (non-hydrogen) atoms. The first-order valence-electron chi connectivity index (χ1n) is 11.5. The van der Waals surface area contributed by atoms with E-state index in [1.165, 1.54) is 12.1 Å². The minimum absolute atomic E-state index is 0.000186. The lowest BCUT2D eigenvalue weighted by molar-refractivity contribution is -0.137. The zero-order chi connectivity index (χ0) is 27.8. The summed E-state index contributed by atoms with van der Waals surface area (Å²) in [5.41, 5.74) is 10.1. The highest BCUT2D eigenvalue weighted by Gasteiger charge is 2.31. The molecule has 0 spiro atoms. The van der Waals surface area contributed by atoms with Gasteiger partial charge in [0, 0.05) is 12.2 Å². The van der Waals surface area contributed by atoms with E-state index < -0.39 is 35.4 Å². The van der Waals surface area contributed by atoms with Crippen LogP contribution in [0.5, 0.6) is 5.88 Å². The van der Waals surface area contributed by atoms with E-state index in [2.05, 4.69) is 25.9 Å². The molecule has 2 amide bonds. The quantitative estimate of drug-likeness (QED) is 0.289. The Kier molecular flexibility index (Phi) is 9.74. The number of hydrogen-bond donors (Lipinski definition) is 5. The maximum atomic E-state index is 13.1. The molecule has 0 saturated carbocycles. The van der Waals surface area contributed by atoms with Crippen LogP contribution in [-0.2, 0) is 15.7 Å². The van der Waals surface area contributed by atoms with E-state index in [4.69, 9.17) is 20.9 Å². The van der Waals surface area contributed by atoms with Crippen molar-refractivity contribution in [3.63, 3.8) is 0 Å². The molecule has 0 aliphatic heterocycles. The minimum Gasteiger partial charge on any atom is -0.476 e. The van der Waals surface area contributed by atoms with Gasteiger partial charge in [0.1, 0.15) is 17.3 Å². The van der Waals surface area contributed by atoms with Crippen molar-refractivity contribution in [2.75, 3.05) is 35.3 Å². The van der Waals surface area contributed by atoms with Gasteiger partial charge < -0.3 is 36.9 Å². The van der Waals surface area contributed by atoms with Crippen LogP contribution in [0.3, 0.4) is 0 Å². The minimum atomic E-state index is -4.58. The summed E-state index contributed by atoms with van der Waals surface area (Å²) in [5, 5.41) is 7.91. The molecular formula is C23H32F3N7O4. The molecule has 0 radical (unpaired) electrons. The maximum absolute atomic E-state index is 13.1. The van der Waals surface area contributed by atoms with Crippen molar-refractivity contribution in [2.45, 2.75) is 58.4 Å².